The number of carbonyl (C=O) groups excluding carboxylic acids is 1. The van der Waals surface area contributed by atoms with Crippen molar-refractivity contribution in [1.29, 1.82) is 0 Å². The number of alkyl halides is 5. The predicted octanol–water partition coefficient (Wildman–Crippen LogP) is 3.78. The van der Waals surface area contributed by atoms with Crippen LogP contribution in [0.2, 0.25) is 0 Å². The first kappa shape index (κ1) is 15.4. The highest BCUT2D eigenvalue weighted by molar-refractivity contribution is 5.97. The minimum Gasteiger partial charge on any atom is -0.320 e. The van der Waals surface area contributed by atoms with Crippen LogP contribution in [0, 0.1) is 0 Å². The van der Waals surface area contributed by atoms with E-state index in [1.54, 1.807) is 17.4 Å². The number of aryl methyl sites for hydroxylation is 1. The molecule has 0 atom stereocenters. The first-order valence-electron chi connectivity index (χ1n) is 5.54. The maximum Gasteiger partial charge on any atom is 0.463 e. The average Bonchev–Trinajstić information content (AvgIpc) is 2.30. The Bertz CT molecular complexity index is 456. The third-order valence-corrected chi connectivity index (χ3v) is 2.43. The van der Waals surface area contributed by atoms with Gasteiger partial charge in [-0.2, -0.15) is 22.0 Å². The van der Waals surface area contributed by atoms with Crippen LogP contribution in [-0.2, 0) is 11.2 Å². The van der Waals surface area contributed by atoms with E-state index >= 15 is 0 Å². The molecule has 0 heterocycles. The van der Waals surface area contributed by atoms with Gasteiger partial charge >= 0.3 is 18.0 Å². The van der Waals surface area contributed by atoms with Crippen LogP contribution in [0.3, 0.4) is 0 Å². The minimum absolute atomic E-state index is 0.0294. The molecule has 0 spiro atoms. The van der Waals surface area contributed by atoms with Gasteiger partial charge in [-0.3, -0.25) is 4.79 Å². The van der Waals surface area contributed by atoms with Crippen LogP contribution in [-0.4, -0.2) is 18.0 Å². The summed E-state index contributed by atoms with van der Waals surface area (Å²) in [5.41, 5.74) is 0.481. The lowest BCUT2D eigenvalue weighted by molar-refractivity contribution is -0.267. The van der Waals surface area contributed by atoms with E-state index in [0.717, 1.165) is 0 Å². The highest BCUT2D eigenvalue weighted by Gasteiger charge is 2.63. The van der Waals surface area contributed by atoms with Crippen LogP contribution >= 0.6 is 0 Å². The highest BCUT2D eigenvalue weighted by Crippen LogP contribution is 2.36. The fraction of sp³-hybridized carbons (Fsp3) is 0.417. The molecule has 7 heteroatoms. The second-order valence-electron chi connectivity index (χ2n) is 3.93. The van der Waals surface area contributed by atoms with E-state index in [1.165, 1.54) is 12.1 Å². The Balaban J connectivity index is 2.94. The van der Waals surface area contributed by atoms with E-state index in [-0.39, 0.29) is 5.69 Å². The number of para-hydroxylation sites is 1. The summed E-state index contributed by atoms with van der Waals surface area (Å²) < 4.78 is 61.7. The summed E-state index contributed by atoms with van der Waals surface area (Å²) in [5, 5.41) is 1.63. The first-order chi connectivity index (χ1) is 8.70. The van der Waals surface area contributed by atoms with E-state index in [0.29, 0.717) is 18.4 Å². The SMILES string of the molecule is CCCc1ccccc1NC(=O)C(F)(F)C(F)(F)F. The van der Waals surface area contributed by atoms with Gasteiger partial charge in [-0.25, -0.2) is 0 Å². The van der Waals surface area contributed by atoms with E-state index in [1.807, 2.05) is 6.92 Å². The molecule has 2 nitrogen and oxygen atoms in total. The molecule has 1 amide bonds. The Kier molecular flexibility index (Phi) is 4.49. The van der Waals surface area contributed by atoms with Gasteiger partial charge in [0.05, 0.1) is 0 Å². The second-order valence-corrected chi connectivity index (χ2v) is 3.93. The lowest BCUT2D eigenvalue weighted by atomic mass is 10.1. The zero-order valence-electron chi connectivity index (χ0n) is 10.0. The number of anilines is 1. The average molecular weight is 281 g/mol. The molecule has 19 heavy (non-hydrogen) atoms. The van der Waals surface area contributed by atoms with Crippen molar-refractivity contribution in [2.45, 2.75) is 31.9 Å². The number of hydrogen-bond donors (Lipinski definition) is 1. The van der Waals surface area contributed by atoms with Crippen molar-refractivity contribution in [1.82, 2.24) is 0 Å². The van der Waals surface area contributed by atoms with Crippen LogP contribution in [0.4, 0.5) is 27.6 Å². The molecular weight excluding hydrogens is 269 g/mol. The fourth-order valence-electron chi connectivity index (χ4n) is 1.46. The Morgan fingerprint density at radius 3 is 2.26 bits per heavy atom. The molecular formula is C12H12F5NO. The summed E-state index contributed by atoms with van der Waals surface area (Å²) in [7, 11) is 0. The molecule has 0 saturated carbocycles. The highest BCUT2D eigenvalue weighted by atomic mass is 19.4. The summed E-state index contributed by atoms with van der Waals surface area (Å²) in [5.74, 6) is -7.78. The lowest BCUT2D eigenvalue weighted by Gasteiger charge is -2.19. The number of halogens is 5. The monoisotopic (exact) mass is 281 g/mol. The van der Waals surface area contributed by atoms with Gasteiger partial charge in [-0.1, -0.05) is 31.5 Å². The van der Waals surface area contributed by atoms with Gasteiger partial charge in [0.1, 0.15) is 0 Å². The van der Waals surface area contributed by atoms with Gasteiger partial charge in [0.25, 0.3) is 0 Å². The molecule has 0 saturated heterocycles. The number of carbonyl (C=O) groups is 1. The summed E-state index contributed by atoms with van der Waals surface area (Å²) >= 11 is 0. The third kappa shape index (κ3) is 3.42. The van der Waals surface area contributed by atoms with Crippen LogP contribution in [0.25, 0.3) is 0 Å². The lowest BCUT2D eigenvalue weighted by Crippen LogP contribution is -2.47. The fourth-order valence-corrected chi connectivity index (χ4v) is 1.46. The number of benzene rings is 1. The molecule has 1 aromatic carbocycles. The van der Waals surface area contributed by atoms with Crippen LogP contribution < -0.4 is 5.32 Å². The summed E-state index contributed by atoms with van der Waals surface area (Å²) in [6.07, 6.45) is -4.77. The molecule has 0 aliphatic carbocycles. The molecule has 1 N–H and O–H groups in total. The topological polar surface area (TPSA) is 29.1 Å². The minimum atomic E-state index is -5.91. The van der Waals surface area contributed by atoms with E-state index in [2.05, 4.69) is 0 Å². The summed E-state index contributed by atoms with van der Waals surface area (Å²) in [6.45, 7) is 1.82. The van der Waals surface area contributed by atoms with Gasteiger partial charge in [0.2, 0.25) is 0 Å². The van der Waals surface area contributed by atoms with Crippen LogP contribution in [0.1, 0.15) is 18.9 Å². The van der Waals surface area contributed by atoms with Crippen LogP contribution in [0.15, 0.2) is 24.3 Å². The normalized spacial score (nSPS) is 12.3. The quantitative estimate of drug-likeness (QED) is 0.836. The van der Waals surface area contributed by atoms with Gasteiger partial charge in [-0.15, -0.1) is 0 Å². The summed E-state index contributed by atoms with van der Waals surface area (Å²) in [6, 6.07) is 5.91. The van der Waals surface area contributed by atoms with Crippen molar-refractivity contribution < 1.29 is 26.7 Å². The number of amides is 1. The zero-order valence-corrected chi connectivity index (χ0v) is 10.0. The Morgan fingerprint density at radius 2 is 1.74 bits per heavy atom. The molecule has 0 fully saturated rings. The summed E-state index contributed by atoms with van der Waals surface area (Å²) in [4.78, 5) is 11.1. The van der Waals surface area contributed by atoms with Crippen molar-refractivity contribution in [3.05, 3.63) is 29.8 Å². The third-order valence-electron chi connectivity index (χ3n) is 2.43. The van der Waals surface area contributed by atoms with Crippen LogP contribution in [0.5, 0.6) is 0 Å². The van der Waals surface area contributed by atoms with Crippen molar-refractivity contribution in [2.24, 2.45) is 0 Å². The smallest absolute Gasteiger partial charge is 0.320 e. The molecule has 0 aliphatic rings. The predicted molar refractivity (Wildman–Crippen MR) is 60.1 cm³/mol. The van der Waals surface area contributed by atoms with Crippen molar-refractivity contribution in [2.75, 3.05) is 5.32 Å². The Labute approximate surface area is 106 Å². The van der Waals surface area contributed by atoms with E-state index in [4.69, 9.17) is 0 Å². The first-order valence-corrected chi connectivity index (χ1v) is 5.54. The Morgan fingerprint density at radius 1 is 1.16 bits per heavy atom. The number of rotatable bonds is 4. The van der Waals surface area contributed by atoms with Gasteiger partial charge in [0.15, 0.2) is 0 Å². The second kappa shape index (κ2) is 5.54. The number of nitrogens with one attached hydrogen (secondary N) is 1. The van der Waals surface area contributed by atoms with Crippen molar-refractivity contribution in [3.63, 3.8) is 0 Å². The Hall–Kier alpha value is -1.66. The van der Waals surface area contributed by atoms with Gasteiger partial charge < -0.3 is 5.32 Å². The molecule has 0 aromatic heterocycles. The zero-order chi connectivity index (χ0) is 14.7. The largest absolute Gasteiger partial charge is 0.463 e. The van der Waals surface area contributed by atoms with E-state index in [9.17, 15) is 26.7 Å². The molecule has 0 unspecified atom stereocenters. The molecule has 0 radical (unpaired) electrons. The molecule has 0 aliphatic heterocycles. The maximum absolute atomic E-state index is 12.8. The standard InChI is InChI=1S/C12H12F5NO/c1-2-5-8-6-3-4-7-9(8)18-10(19)11(13,14)12(15,16)17/h3-4,6-7H,2,5H2,1H3,(H,18,19). The molecule has 106 valence electrons. The maximum atomic E-state index is 12.8. The molecule has 1 rings (SSSR count). The van der Waals surface area contributed by atoms with Crippen molar-refractivity contribution >= 4 is 11.6 Å². The molecule has 1 aromatic rings. The van der Waals surface area contributed by atoms with Gasteiger partial charge in [-0.05, 0) is 18.1 Å². The van der Waals surface area contributed by atoms with E-state index < -0.39 is 18.0 Å². The molecule has 0 bridgehead atoms. The van der Waals surface area contributed by atoms with Gasteiger partial charge in [0, 0.05) is 5.69 Å². The van der Waals surface area contributed by atoms with Crippen molar-refractivity contribution in [3.8, 4) is 0 Å². The number of hydrogen-bond acceptors (Lipinski definition) is 1.